The number of aryl methyl sites for hydroxylation is 1. The van der Waals surface area contributed by atoms with E-state index >= 15 is 0 Å². The molecule has 0 amide bonds. The fourth-order valence-corrected chi connectivity index (χ4v) is 1.13. The molecule has 0 radical (unpaired) electrons. The summed E-state index contributed by atoms with van der Waals surface area (Å²) in [6.07, 6.45) is 0.988. The van der Waals surface area contributed by atoms with E-state index in [0.29, 0.717) is 6.54 Å². The van der Waals surface area contributed by atoms with Crippen molar-refractivity contribution in [1.82, 2.24) is 5.32 Å². The lowest BCUT2D eigenvalue weighted by Gasteiger charge is -2.01. The summed E-state index contributed by atoms with van der Waals surface area (Å²) in [7, 11) is 0. The van der Waals surface area contributed by atoms with Gasteiger partial charge in [-0.15, -0.1) is 0 Å². The van der Waals surface area contributed by atoms with E-state index in [4.69, 9.17) is 5.26 Å². The Labute approximate surface area is 79.2 Å². The lowest BCUT2D eigenvalue weighted by Crippen LogP contribution is -2.17. The first-order chi connectivity index (χ1) is 6.33. The van der Waals surface area contributed by atoms with Crippen LogP contribution in [0.5, 0.6) is 0 Å². The van der Waals surface area contributed by atoms with Crippen LogP contribution in [0, 0.1) is 18.3 Å². The Morgan fingerprint density at radius 3 is 2.62 bits per heavy atom. The highest BCUT2D eigenvalue weighted by atomic mass is 14.8. The van der Waals surface area contributed by atoms with Gasteiger partial charge in [-0.05, 0) is 18.9 Å². The van der Waals surface area contributed by atoms with Gasteiger partial charge in [0.05, 0.1) is 12.6 Å². The predicted molar refractivity (Wildman–Crippen MR) is 53.4 cm³/mol. The van der Waals surface area contributed by atoms with Gasteiger partial charge in [-0.3, -0.25) is 0 Å². The summed E-state index contributed by atoms with van der Waals surface area (Å²) in [5, 5.41) is 11.3. The largest absolute Gasteiger partial charge is 0.304 e. The second-order valence-electron chi connectivity index (χ2n) is 3.07. The third-order valence-electron chi connectivity index (χ3n) is 1.92. The lowest BCUT2D eigenvalue weighted by atomic mass is 10.1. The van der Waals surface area contributed by atoms with E-state index in [1.54, 1.807) is 0 Å². The Balaban J connectivity index is 2.30. The van der Waals surface area contributed by atoms with Crippen molar-refractivity contribution in [3.8, 4) is 6.07 Å². The Morgan fingerprint density at radius 1 is 1.31 bits per heavy atom. The molecule has 0 aliphatic rings. The Kier molecular flexibility index (Phi) is 4.01. The molecular formula is C11H14N2. The van der Waals surface area contributed by atoms with Crippen molar-refractivity contribution in [2.45, 2.75) is 13.3 Å². The molecule has 68 valence electrons. The van der Waals surface area contributed by atoms with Crippen LogP contribution in [0.15, 0.2) is 24.3 Å². The van der Waals surface area contributed by atoms with Crippen LogP contribution in [-0.4, -0.2) is 13.1 Å². The molecule has 13 heavy (non-hydrogen) atoms. The molecule has 1 aromatic carbocycles. The minimum atomic E-state index is 0.436. The van der Waals surface area contributed by atoms with Gasteiger partial charge in [0.2, 0.25) is 0 Å². The second-order valence-corrected chi connectivity index (χ2v) is 3.07. The van der Waals surface area contributed by atoms with Crippen LogP contribution in [0.3, 0.4) is 0 Å². The van der Waals surface area contributed by atoms with Gasteiger partial charge in [0, 0.05) is 6.54 Å². The number of hydrogen-bond donors (Lipinski definition) is 1. The fourth-order valence-electron chi connectivity index (χ4n) is 1.13. The third-order valence-corrected chi connectivity index (χ3v) is 1.92. The van der Waals surface area contributed by atoms with E-state index in [0.717, 1.165) is 13.0 Å². The normalized spacial score (nSPS) is 9.54. The zero-order valence-electron chi connectivity index (χ0n) is 7.88. The van der Waals surface area contributed by atoms with E-state index in [1.165, 1.54) is 11.1 Å². The second kappa shape index (κ2) is 5.34. The van der Waals surface area contributed by atoms with E-state index in [-0.39, 0.29) is 0 Å². The average molecular weight is 174 g/mol. The minimum Gasteiger partial charge on any atom is -0.304 e. The number of nitriles is 1. The summed E-state index contributed by atoms with van der Waals surface area (Å²) in [6, 6.07) is 10.5. The molecule has 1 N–H and O–H groups in total. The molecule has 0 spiro atoms. The van der Waals surface area contributed by atoms with Crippen LogP contribution in [0.25, 0.3) is 0 Å². The molecule has 1 rings (SSSR count). The standard InChI is InChI=1S/C11H14N2/c1-10-2-4-11(5-3-10)6-8-13-9-7-12/h2-5,13H,6,8-9H2,1H3. The van der Waals surface area contributed by atoms with Gasteiger partial charge >= 0.3 is 0 Å². The molecule has 0 fully saturated rings. The molecule has 0 bridgehead atoms. The highest BCUT2D eigenvalue weighted by Crippen LogP contribution is 2.02. The van der Waals surface area contributed by atoms with Crippen LogP contribution in [0.4, 0.5) is 0 Å². The van der Waals surface area contributed by atoms with Crippen molar-refractivity contribution in [2.75, 3.05) is 13.1 Å². The highest BCUT2D eigenvalue weighted by molar-refractivity contribution is 5.21. The maximum atomic E-state index is 8.29. The van der Waals surface area contributed by atoms with Crippen molar-refractivity contribution >= 4 is 0 Å². The molecule has 0 saturated heterocycles. The molecule has 2 heteroatoms. The quantitative estimate of drug-likeness (QED) is 0.556. The van der Waals surface area contributed by atoms with Gasteiger partial charge in [-0.25, -0.2) is 0 Å². The molecule has 0 heterocycles. The third kappa shape index (κ3) is 3.73. The number of nitrogens with one attached hydrogen (secondary N) is 1. The van der Waals surface area contributed by atoms with E-state index in [1.807, 2.05) is 0 Å². The van der Waals surface area contributed by atoms with Crippen molar-refractivity contribution in [1.29, 1.82) is 5.26 Å². The van der Waals surface area contributed by atoms with Gasteiger partial charge in [-0.2, -0.15) is 5.26 Å². The number of benzene rings is 1. The van der Waals surface area contributed by atoms with Crippen LogP contribution in [0.1, 0.15) is 11.1 Å². The van der Waals surface area contributed by atoms with Gasteiger partial charge in [-0.1, -0.05) is 29.8 Å². The summed E-state index contributed by atoms with van der Waals surface area (Å²) in [4.78, 5) is 0. The van der Waals surface area contributed by atoms with Crippen LogP contribution < -0.4 is 5.32 Å². The van der Waals surface area contributed by atoms with E-state index < -0.39 is 0 Å². The first-order valence-corrected chi connectivity index (χ1v) is 4.46. The molecule has 0 aromatic heterocycles. The number of rotatable bonds is 4. The lowest BCUT2D eigenvalue weighted by molar-refractivity contribution is 0.749. The highest BCUT2D eigenvalue weighted by Gasteiger charge is 1.91. The maximum Gasteiger partial charge on any atom is 0.0841 e. The summed E-state index contributed by atoms with van der Waals surface area (Å²) in [5.74, 6) is 0. The molecule has 0 aliphatic carbocycles. The van der Waals surface area contributed by atoms with Crippen molar-refractivity contribution in [2.24, 2.45) is 0 Å². The topological polar surface area (TPSA) is 35.8 Å². The van der Waals surface area contributed by atoms with Gasteiger partial charge < -0.3 is 5.32 Å². The van der Waals surface area contributed by atoms with Crippen LogP contribution in [-0.2, 0) is 6.42 Å². The summed E-state index contributed by atoms with van der Waals surface area (Å²) in [6.45, 7) is 3.39. The zero-order chi connectivity index (χ0) is 9.52. The SMILES string of the molecule is Cc1ccc(CCNCC#N)cc1. The molecule has 0 unspecified atom stereocenters. The van der Waals surface area contributed by atoms with Crippen LogP contribution >= 0.6 is 0 Å². The van der Waals surface area contributed by atoms with Gasteiger partial charge in [0.15, 0.2) is 0 Å². The van der Waals surface area contributed by atoms with Gasteiger partial charge in [0.1, 0.15) is 0 Å². The average Bonchev–Trinajstić information content (AvgIpc) is 2.15. The van der Waals surface area contributed by atoms with Crippen molar-refractivity contribution < 1.29 is 0 Å². The van der Waals surface area contributed by atoms with Crippen molar-refractivity contribution in [3.05, 3.63) is 35.4 Å². The Morgan fingerprint density at radius 2 is 2.00 bits per heavy atom. The molecular weight excluding hydrogens is 160 g/mol. The minimum absolute atomic E-state index is 0.436. The zero-order valence-corrected chi connectivity index (χ0v) is 7.88. The fraction of sp³-hybridized carbons (Fsp3) is 0.364. The summed E-state index contributed by atoms with van der Waals surface area (Å²) in [5.41, 5.74) is 2.60. The first kappa shape index (κ1) is 9.76. The number of nitrogens with zero attached hydrogens (tertiary/aromatic N) is 1. The molecule has 1 aromatic rings. The smallest absolute Gasteiger partial charge is 0.0841 e. The summed E-state index contributed by atoms with van der Waals surface area (Å²) >= 11 is 0. The van der Waals surface area contributed by atoms with E-state index in [2.05, 4.69) is 42.6 Å². The van der Waals surface area contributed by atoms with Crippen molar-refractivity contribution in [3.63, 3.8) is 0 Å². The van der Waals surface area contributed by atoms with E-state index in [9.17, 15) is 0 Å². The predicted octanol–water partition coefficient (Wildman–Crippen LogP) is 1.65. The molecule has 0 atom stereocenters. The molecule has 0 aliphatic heterocycles. The van der Waals surface area contributed by atoms with Crippen LogP contribution in [0.2, 0.25) is 0 Å². The number of hydrogen-bond acceptors (Lipinski definition) is 2. The molecule has 0 saturated carbocycles. The van der Waals surface area contributed by atoms with Gasteiger partial charge in [0.25, 0.3) is 0 Å². The monoisotopic (exact) mass is 174 g/mol. The summed E-state index contributed by atoms with van der Waals surface area (Å²) < 4.78 is 0. The Hall–Kier alpha value is -1.33. The molecule has 2 nitrogen and oxygen atoms in total. The Bertz CT molecular complexity index is 282. The maximum absolute atomic E-state index is 8.29. The first-order valence-electron chi connectivity index (χ1n) is 4.46.